The Bertz CT molecular complexity index is 379. The molecular weight excluding hydrogens is 260 g/mol. The van der Waals surface area contributed by atoms with Gasteiger partial charge in [0.1, 0.15) is 6.10 Å². The standard InChI is InChI=1S/C15H22O5/c1-19-15(18)13(17)14(12-8-4-2-5-9-12)20-11-7-3-6-10-16/h2,4-5,8-9,13-14,16-17H,3,6-7,10-11H2,1H3. The summed E-state index contributed by atoms with van der Waals surface area (Å²) in [4.78, 5) is 11.5. The molecule has 1 aromatic carbocycles. The van der Waals surface area contributed by atoms with Crippen LogP contribution in [0.3, 0.4) is 0 Å². The highest BCUT2D eigenvalue weighted by Gasteiger charge is 2.29. The van der Waals surface area contributed by atoms with Gasteiger partial charge in [0.15, 0.2) is 6.10 Å². The number of unbranched alkanes of at least 4 members (excludes halogenated alkanes) is 2. The van der Waals surface area contributed by atoms with Crippen LogP contribution in [0, 0.1) is 0 Å². The number of aliphatic hydroxyl groups excluding tert-OH is 2. The first-order valence-electron chi connectivity index (χ1n) is 6.74. The summed E-state index contributed by atoms with van der Waals surface area (Å²) in [5, 5.41) is 18.7. The molecule has 0 radical (unpaired) electrons. The minimum atomic E-state index is -1.35. The van der Waals surface area contributed by atoms with Crippen LogP contribution in [0.2, 0.25) is 0 Å². The van der Waals surface area contributed by atoms with E-state index in [4.69, 9.17) is 9.84 Å². The third-order valence-corrected chi connectivity index (χ3v) is 2.96. The van der Waals surface area contributed by atoms with Gasteiger partial charge in [0, 0.05) is 13.2 Å². The molecule has 0 fully saturated rings. The van der Waals surface area contributed by atoms with Crippen molar-refractivity contribution in [1.29, 1.82) is 0 Å². The van der Waals surface area contributed by atoms with Crippen molar-refractivity contribution in [2.24, 2.45) is 0 Å². The molecule has 0 aliphatic carbocycles. The molecule has 0 saturated heterocycles. The maximum atomic E-state index is 11.5. The fraction of sp³-hybridized carbons (Fsp3) is 0.533. The summed E-state index contributed by atoms with van der Waals surface area (Å²) < 4.78 is 10.2. The van der Waals surface area contributed by atoms with Gasteiger partial charge in [-0.2, -0.15) is 0 Å². The van der Waals surface area contributed by atoms with Gasteiger partial charge in [-0.05, 0) is 24.8 Å². The summed E-state index contributed by atoms with van der Waals surface area (Å²) in [6.07, 6.45) is 0.237. The van der Waals surface area contributed by atoms with Crippen molar-refractivity contribution in [3.63, 3.8) is 0 Å². The minimum Gasteiger partial charge on any atom is -0.467 e. The molecule has 0 saturated carbocycles. The molecule has 5 heteroatoms. The fourth-order valence-corrected chi connectivity index (χ4v) is 1.86. The molecule has 0 aliphatic heterocycles. The highest BCUT2D eigenvalue weighted by atomic mass is 16.5. The molecule has 2 atom stereocenters. The van der Waals surface area contributed by atoms with Gasteiger partial charge in [0.25, 0.3) is 0 Å². The molecule has 112 valence electrons. The lowest BCUT2D eigenvalue weighted by molar-refractivity contribution is -0.160. The second-order valence-electron chi connectivity index (χ2n) is 4.45. The topological polar surface area (TPSA) is 76.0 Å². The summed E-state index contributed by atoms with van der Waals surface area (Å²) in [5.41, 5.74) is 0.729. The van der Waals surface area contributed by atoms with Crippen LogP contribution in [-0.2, 0) is 14.3 Å². The SMILES string of the molecule is COC(=O)C(O)C(OCCCCCO)c1ccccc1. The van der Waals surface area contributed by atoms with E-state index >= 15 is 0 Å². The number of ether oxygens (including phenoxy) is 2. The van der Waals surface area contributed by atoms with E-state index in [1.807, 2.05) is 18.2 Å². The van der Waals surface area contributed by atoms with Gasteiger partial charge in [-0.1, -0.05) is 30.3 Å². The first kappa shape index (κ1) is 16.6. The van der Waals surface area contributed by atoms with Gasteiger partial charge >= 0.3 is 5.97 Å². The molecule has 5 nitrogen and oxygen atoms in total. The smallest absolute Gasteiger partial charge is 0.337 e. The molecular formula is C15H22O5. The van der Waals surface area contributed by atoms with E-state index in [0.29, 0.717) is 6.61 Å². The Kier molecular flexibility index (Phi) is 7.87. The summed E-state index contributed by atoms with van der Waals surface area (Å²) in [5.74, 6) is -0.714. The quantitative estimate of drug-likeness (QED) is 0.529. The Hall–Kier alpha value is -1.43. The van der Waals surface area contributed by atoms with E-state index in [9.17, 15) is 9.90 Å². The van der Waals surface area contributed by atoms with E-state index in [1.54, 1.807) is 12.1 Å². The van der Waals surface area contributed by atoms with Gasteiger partial charge in [0.05, 0.1) is 7.11 Å². The zero-order valence-electron chi connectivity index (χ0n) is 11.7. The highest BCUT2D eigenvalue weighted by Crippen LogP contribution is 2.22. The lowest BCUT2D eigenvalue weighted by Crippen LogP contribution is -2.31. The fourth-order valence-electron chi connectivity index (χ4n) is 1.86. The van der Waals surface area contributed by atoms with Crippen LogP contribution < -0.4 is 0 Å². The van der Waals surface area contributed by atoms with E-state index < -0.39 is 18.2 Å². The highest BCUT2D eigenvalue weighted by molar-refractivity contribution is 5.75. The van der Waals surface area contributed by atoms with E-state index in [1.165, 1.54) is 7.11 Å². The van der Waals surface area contributed by atoms with Gasteiger partial charge in [-0.25, -0.2) is 4.79 Å². The van der Waals surface area contributed by atoms with Crippen LogP contribution in [0.5, 0.6) is 0 Å². The first-order chi connectivity index (χ1) is 9.70. The van der Waals surface area contributed by atoms with Crippen LogP contribution in [-0.4, -0.2) is 42.6 Å². The summed E-state index contributed by atoms with van der Waals surface area (Å²) >= 11 is 0. The summed E-state index contributed by atoms with van der Waals surface area (Å²) in [6, 6.07) is 9.09. The molecule has 1 rings (SSSR count). The van der Waals surface area contributed by atoms with Crippen LogP contribution in [0.15, 0.2) is 30.3 Å². The Balaban J connectivity index is 2.63. The average molecular weight is 282 g/mol. The third-order valence-electron chi connectivity index (χ3n) is 2.96. The minimum absolute atomic E-state index is 0.160. The number of esters is 1. The monoisotopic (exact) mass is 282 g/mol. The molecule has 2 unspecified atom stereocenters. The predicted molar refractivity (Wildman–Crippen MR) is 74.1 cm³/mol. The summed E-state index contributed by atoms with van der Waals surface area (Å²) in [7, 11) is 1.23. The third kappa shape index (κ3) is 5.28. The Labute approximate surface area is 119 Å². The van der Waals surface area contributed by atoms with Crippen molar-refractivity contribution in [2.45, 2.75) is 31.5 Å². The van der Waals surface area contributed by atoms with Gasteiger partial charge in [-0.3, -0.25) is 0 Å². The molecule has 0 amide bonds. The molecule has 0 spiro atoms. The lowest BCUT2D eigenvalue weighted by Gasteiger charge is -2.22. The van der Waals surface area contributed by atoms with Crippen molar-refractivity contribution < 1.29 is 24.5 Å². The van der Waals surface area contributed by atoms with Crippen molar-refractivity contribution in [3.8, 4) is 0 Å². The van der Waals surface area contributed by atoms with Crippen molar-refractivity contribution >= 4 is 5.97 Å². The molecule has 0 aliphatic rings. The second kappa shape index (κ2) is 9.47. The number of hydrogen-bond donors (Lipinski definition) is 2. The molecule has 20 heavy (non-hydrogen) atoms. The predicted octanol–water partition coefficient (Wildman–Crippen LogP) is 1.44. The maximum absolute atomic E-state index is 11.5. The van der Waals surface area contributed by atoms with Crippen molar-refractivity contribution in [1.82, 2.24) is 0 Å². The maximum Gasteiger partial charge on any atom is 0.337 e. The van der Waals surface area contributed by atoms with Crippen LogP contribution in [0.25, 0.3) is 0 Å². The van der Waals surface area contributed by atoms with Crippen molar-refractivity contribution in [3.05, 3.63) is 35.9 Å². The number of carbonyl (C=O) groups is 1. The van der Waals surface area contributed by atoms with Gasteiger partial charge in [-0.15, -0.1) is 0 Å². The van der Waals surface area contributed by atoms with E-state index in [-0.39, 0.29) is 6.61 Å². The first-order valence-corrected chi connectivity index (χ1v) is 6.74. The summed E-state index contributed by atoms with van der Waals surface area (Å²) in [6.45, 7) is 0.570. The van der Waals surface area contributed by atoms with E-state index in [0.717, 1.165) is 24.8 Å². The number of methoxy groups -OCH3 is 1. The van der Waals surface area contributed by atoms with Crippen LogP contribution in [0.4, 0.5) is 0 Å². The number of hydrogen-bond acceptors (Lipinski definition) is 5. The Morgan fingerprint density at radius 3 is 2.50 bits per heavy atom. The van der Waals surface area contributed by atoms with Crippen molar-refractivity contribution in [2.75, 3.05) is 20.3 Å². The van der Waals surface area contributed by atoms with Gasteiger partial charge in [0.2, 0.25) is 0 Å². The normalized spacial score (nSPS) is 13.8. The molecule has 0 aromatic heterocycles. The number of benzene rings is 1. The van der Waals surface area contributed by atoms with Gasteiger partial charge < -0.3 is 19.7 Å². The Morgan fingerprint density at radius 2 is 1.90 bits per heavy atom. The average Bonchev–Trinajstić information content (AvgIpc) is 2.50. The largest absolute Gasteiger partial charge is 0.467 e. The molecule has 1 aromatic rings. The second-order valence-corrected chi connectivity index (χ2v) is 4.45. The molecule has 0 heterocycles. The lowest BCUT2D eigenvalue weighted by atomic mass is 10.0. The zero-order valence-corrected chi connectivity index (χ0v) is 11.7. The molecule has 0 bridgehead atoms. The van der Waals surface area contributed by atoms with Crippen LogP contribution >= 0.6 is 0 Å². The molecule has 2 N–H and O–H groups in total. The number of rotatable bonds is 9. The van der Waals surface area contributed by atoms with Crippen LogP contribution in [0.1, 0.15) is 30.9 Å². The van der Waals surface area contributed by atoms with E-state index in [2.05, 4.69) is 4.74 Å². The number of carbonyl (C=O) groups excluding carboxylic acids is 1. The zero-order chi connectivity index (χ0) is 14.8. The number of aliphatic hydroxyl groups is 2. The Morgan fingerprint density at radius 1 is 1.20 bits per heavy atom.